The zero-order chi connectivity index (χ0) is 9.19. The third-order valence-corrected chi connectivity index (χ3v) is 2.94. The molecule has 0 atom stereocenters. The molecule has 1 aromatic carbocycles. The summed E-state index contributed by atoms with van der Waals surface area (Å²) < 4.78 is 22.4. The van der Waals surface area contributed by atoms with Crippen LogP contribution in [-0.4, -0.2) is 21.2 Å². The van der Waals surface area contributed by atoms with E-state index in [1.165, 1.54) is 0 Å². The van der Waals surface area contributed by atoms with Gasteiger partial charge < -0.3 is 0 Å². The maximum atomic E-state index is 11.2. The third-order valence-electron chi connectivity index (χ3n) is 1.57. The van der Waals surface area contributed by atoms with Crippen molar-refractivity contribution >= 4 is 22.6 Å². The van der Waals surface area contributed by atoms with Gasteiger partial charge in [0, 0.05) is 0 Å². The molecule has 1 aromatic rings. The molecule has 0 aliphatic heterocycles. The first-order valence-corrected chi connectivity index (χ1v) is 5.05. The van der Waals surface area contributed by atoms with E-state index in [1.54, 1.807) is 24.3 Å². The number of sulfone groups is 1. The predicted octanol–water partition coefficient (Wildman–Crippen LogP) is 0.429. The van der Waals surface area contributed by atoms with Crippen LogP contribution in [0, 0.1) is 6.92 Å². The van der Waals surface area contributed by atoms with Crippen molar-refractivity contribution in [2.45, 2.75) is 11.8 Å². The van der Waals surface area contributed by atoms with Crippen molar-refractivity contribution in [3.63, 3.8) is 0 Å². The molecule has 0 aliphatic carbocycles. The number of hydrogen-bond acceptors (Lipinski definition) is 2. The van der Waals surface area contributed by atoms with Gasteiger partial charge in [0.15, 0.2) is 0 Å². The maximum absolute atomic E-state index is 11.2. The minimum atomic E-state index is -3.25. The zero-order valence-corrected chi connectivity index (χ0v) is 7.64. The number of hydrogen-bond donors (Lipinski definition) is 0. The summed E-state index contributed by atoms with van der Waals surface area (Å²) in [6, 6.07) is 6.67. The molecule has 0 aliphatic rings. The molecule has 0 saturated carbocycles. The summed E-state index contributed by atoms with van der Waals surface area (Å²) in [7, 11) is -0.00786. The first-order valence-electron chi connectivity index (χ1n) is 3.50. The van der Waals surface area contributed by atoms with Crippen LogP contribution in [0.15, 0.2) is 29.2 Å². The molecule has 12 heavy (non-hydrogen) atoms. The van der Waals surface area contributed by atoms with Gasteiger partial charge in [-0.25, -0.2) is 0 Å². The summed E-state index contributed by atoms with van der Waals surface area (Å²) in [5.41, 5.74) is 1.04. The molecule has 0 aromatic heterocycles. The normalized spacial score (nSPS) is 11.0. The summed E-state index contributed by atoms with van der Waals surface area (Å²) in [4.78, 5) is 0.295. The van der Waals surface area contributed by atoms with Crippen molar-refractivity contribution in [1.82, 2.24) is 0 Å². The van der Waals surface area contributed by atoms with E-state index < -0.39 is 9.84 Å². The van der Waals surface area contributed by atoms with E-state index in [-0.39, 0.29) is 0 Å². The fraction of sp³-hybridized carbons (Fsp3) is 0.125. The second-order valence-corrected chi connectivity index (χ2v) is 4.42. The van der Waals surface area contributed by atoms with E-state index in [9.17, 15) is 8.42 Å². The molecule has 1 rings (SSSR count). The van der Waals surface area contributed by atoms with Crippen molar-refractivity contribution in [2.24, 2.45) is 0 Å². The molecule has 0 amide bonds. The summed E-state index contributed by atoms with van der Waals surface area (Å²) >= 11 is 0. The average Bonchev–Trinajstić information content (AvgIpc) is 2.05. The number of aryl methyl sites for hydroxylation is 1. The molecule has 0 heterocycles. The summed E-state index contributed by atoms with van der Waals surface area (Å²) in [6.45, 7) is 1.91. The molecular weight excluding hydrogens is 171 g/mol. The summed E-state index contributed by atoms with van der Waals surface area (Å²) in [6.07, 6.45) is 0. The number of rotatable bonds is 2. The van der Waals surface area contributed by atoms with E-state index in [2.05, 4.69) is 7.49 Å². The number of benzene rings is 1. The molecule has 0 spiro atoms. The Morgan fingerprint density at radius 1 is 1.25 bits per heavy atom. The fourth-order valence-electron chi connectivity index (χ4n) is 0.824. The van der Waals surface area contributed by atoms with E-state index >= 15 is 0 Å². The van der Waals surface area contributed by atoms with Crippen LogP contribution in [0.5, 0.6) is 0 Å². The van der Waals surface area contributed by atoms with Gasteiger partial charge in [0.25, 0.3) is 0 Å². The molecule has 0 N–H and O–H groups in total. The Balaban J connectivity index is 3.23. The van der Waals surface area contributed by atoms with Crippen molar-refractivity contribution in [3.8, 4) is 0 Å². The van der Waals surface area contributed by atoms with E-state index in [1.807, 2.05) is 6.92 Å². The Bertz CT molecular complexity index is 378. The summed E-state index contributed by atoms with van der Waals surface area (Å²) in [5, 5.41) is 0.956. The van der Waals surface area contributed by atoms with Gasteiger partial charge in [0.2, 0.25) is 0 Å². The topological polar surface area (TPSA) is 34.1 Å². The molecule has 0 bridgehead atoms. The predicted molar refractivity (Wildman–Crippen MR) is 51.6 cm³/mol. The second-order valence-electron chi connectivity index (χ2n) is 2.52. The summed E-state index contributed by atoms with van der Waals surface area (Å²) in [5.74, 6) is 0. The van der Waals surface area contributed by atoms with Crippen LogP contribution in [0.25, 0.3) is 0 Å². The Hall–Kier alpha value is -0.895. The Labute approximate surface area is 73.2 Å². The van der Waals surface area contributed by atoms with Crippen LogP contribution < -0.4 is 0 Å². The molecule has 0 unspecified atom stereocenters. The van der Waals surface area contributed by atoms with E-state index in [0.717, 1.165) is 10.9 Å². The Morgan fingerprint density at radius 3 is 2.17 bits per heavy atom. The van der Waals surface area contributed by atoms with Gasteiger partial charge in [0.1, 0.15) is 0 Å². The van der Waals surface area contributed by atoms with Gasteiger partial charge >= 0.3 is 72.7 Å². The van der Waals surface area contributed by atoms with Crippen LogP contribution in [0.3, 0.4) is 0 Å². The molecule has 62 valence electrons. The Morgan fingerprint density at radius 2 is 1.75 bits per heavy atom. The van der Waals surface area contributed by atoms with Crippen LogP contribution in [0.2, 0.25) is 0 Å². The molecule has 0 fully saturated rings. The van der Waals surface area contributed by atoms with Crippen molar-refractivity contribution in [2.75, 3.05) is 0 Å². The van der Waals surface area contributed by atoms with Crippen LogP contribution in [0.4, 0.5) is 0 Å². The first-order chi connectivity index (χ1) is 5.56. The zero-order valence-electron chi connectivity index (χ0n) is 6.82. The van der Waals surface area contributed by atoms with Gasteiger partial charge in [-0.3, -0.25) is 0 Å². The molecule has 2 nitrogen and oxygen atoms in total. The second kappa shape index (κ2) is 3.23. The Kier molecular flexibility index (Phi) is 2.47. The monoisotopic (exact) mass is 180 g/mol. The van der Waals surface area contributed by atoms with Gasteiger partial charge in [-0.15, -0.1) is 0 Å². The van der Waals surface area contributed by atoms with Crippen LogP contribution in [-0.2, 0) is 9.84 Å². The van der Waals surface area contributed by atoms with Gasteiger partial charge in [-0.1, -0.05) is 0 Å². The van der Waals surface area contributed by atoms with E-state index in [4.69, 9.17) is 0 Å². The van der Waals surface area contributed by atoms with Gasteiger partial charge in [-0.2, -0.15) is 0 Å². The minimum absolute atomic E-state index is 0.295. The third kappa shape index (κ3) is 1.82. The molecule has 0 saturated heterocycles. The quantitative estimate of drug-likeness (QED) is 0.618. The van der Waals surface area contributed by atoms with Gasteiger partial charge in [0.05, 0.1) is 0 Å². The van der Waals surface area contributed by atoms with Crippen molar-refractivity contribution in [3.05, 3.63) is 29.8 Å². The molecule has 4 heteroatoms. The van der Waals surface area contributed by atoms with E-state index in [0.29, 0.717) is 4.90 Å². The van der Waals surface area contributed by atoms with Crippen LogP contribution >= 0.6 is 0 Å². The van der Waals surface area contributed by atoms with Crippen molar-refractivity contribution in [1.29, 1.82) is 0 Å². The molecular formula is C8H9BO2S. The first kappa shape index (κ1) is 9.19. The van der Waals surface area contributed by atoms with Crippen molar-refractivity contribution < 1.29 is 8.42 Å². The van der Waals surface area contributed by atoms with Crippen LogP contribution in [0.1, 0.15) is 5.56 Å². The SMILES string of the molecule is B=CS(=O)(=O)c1ccc(C)cc1. The fourth-order valence-corrected chi connectivity index (χ4v) is 1.53. The van der Waals surface area contributed by atoms with Gasteiger partial charge in [-0.05, 0) is 0 Å². The standard InChI is InChI=1S/C8H9BO2S/c1-7-2-4-8(5-3-7)12(10,11)6-9/h2-6,9H,1H3. The average molecular weight is 180 g/mol. The molecule has 0 radical (unpaired) electrons.